The number of hydrogen-bond donors (Lipinski definition) is 0. The van der Waals surface area contributed by atoms with Crippen molar-refractivity contribution in [3.8, 4) is 0 Å². The van der Waals surface area contributed by atoms with Crippen molar-refractivity contribution in [1.29, 1.82) is 0 Å². The van der Waals surface area contributed by atoms with Gasteiger partial charge in [0, 0.05) is 35.8 Å². The standard InChI is InChI=1S/C13H17ClN4/c1-9(2)17-5-3-10(8-17)13-16-15-12-7-11(14)4-6-18(12)13/h4,6-7,9-10H,3,5,8H2,1-2H3. The lowest BCUT2D eigenvalue weighted by molar-refractivity contribution is 0.271. The minimum Gasteiger partial charge on any atom is -0.300 e. The second-order valence-electron chi connectivity index (χ2n) is 5.21. The summed E-state index contributed by atoms with van der Waals surface area (Å²) in [5, 5.41) is 9.25. The van der Waals surface area contributed by atoms with Crippen LogP contribution in [-0.4, -0.2) is 38.6 Å². The maximum atomic E-state index is 5.96. The van der Waals surface area contributed by atoms with E-state index in [-0.39, 0.29) is 0 Å². The van der Waals surface area contributed by atoms with E-state index in [1.54, 1.807) is 0 Å². The number of nitrogens with zero attached hydrogens (tertiary/aromatic N) is 4. The van der Waals surface area contributed by atoms with Gasteiger partial charge in [-0.15, -0.1) is 10.2 Å². The van der Waals surface area contributed by atoms with E-state index < -0.39 is 0 Å². The van der Waals surface area contributed by atoms with Gasteiger partial charge in [-0.3, -0.25) is 4.40 Å². The summed E-state index contributed by atoms with van der Waals surface area (Å²) in [6, 6.07) is 4.34. The average Bonchev–Trinajstić information content (AvgIpc) is 2.92. The van der Waals surface area contributed by atoms with E-state index in [9.17, 15) is 0 Å². The summed E-state index contributed by atoms with van der Waals surface area (Å²) in [7, 11) is 0. The fourth-order valence-electron chi connectivity index (χ4n) is 2.63. The van der Waals surface area contributed by atoms with E-state index in [1.165, 1.54) is 0 Å². The molecule has 1 atom stereocenters. The van der Waals surface area contributed by atoms with E-state index in [0.717, 1.165) is 31.0 Å². The largest absolute Gasteiger partial charge is 0.300 e. The lowest BCUT2D eigenvalue weighted by atomic mass is 10.1. The number of rotatable bonds is 2. The maximum absolute atomic E-state index is 5.96. The van der Waals surface area contributed by atoms with Gasteiger partial charge < -0.3 is 4.90 Å². The van der Waals surface area contributed by atoms with Crippen LogP contribution in [0.15, 0.2) is 18.3 Å². The molecule has 96 valence electrons. The third-order valence-electron chi connectivity index (χ3n) is 3.71. The van der Waals surface area contributed by atoms with Crippen LogP contribution in [0.2, 0.25) is 5.02 Å². The first kappa shape index (κ1) is 11.9. The molecule has 0 bridgehead atoms. The Bertz CT molecular complexity index is 563. The summed E-state index contributed by atoms with van der Waals surface area (Å²) in [5.41, 5.74) is 0.834. The van der Waals surface area contributed by atoms with Crippen molar-refractivity contribution in [3.63, 3.8) is 0 Å². The Hall–Kier alpha value is -1.13. The quantitative estimate of drug-likeness (QED) is 0.836. The summed E-state index contributed by atoms with van der Waals surface area (Å²) in [6.45, 7) is 6.69. The van der Waals surface area contributed by atoms with Crippen LogP contribution in [0.4, 0.5) is 0 Å². The summed E-state index contributed by atoms with van der Waals surface area (Å²) < 4.78 is 2.06. The van der Waals surface area contributed by atoms with Gasteiger partial charge in [0.2, 0.25) is 0 Å². The lowest BCUT2D eigenvalue weighted by Crippen LogP contribution is -2.28. The van der Waals surface area contributed by atoms with Gasteiger partial charge in [0.25, 0.3) is 0 Å². The van der Waals surface area contributed by atoms with Crippen LogP contribution in [0.5, 0.6) is 0 Å². The van der Waals surface area contributed by atoms with Crippen molar-refractivity contribution in [2.75, 3.05) is 13.1 Å². The summed E-state index contributed by atoms with van der Waals surface area (Å²) >= 11 is 5.96. The van der Waals surface area contributed by atoms with E-state index in [1.807, 2.05) is 18.3 Å². The number of fused-ring (bicyclic) bond motifs is 1. The molecule has 1 fully saturated rings. The van der Waals surface area contributed by atoms with Gasteiger partial charge in [-0.25, -0.2) is 0 Å². The minimum absolute atomic E-state index is 0.476. The molecule has 1 saturated heterocycles. The van der Waals surface area contributed by atoms with Crippen LogP contribution < -0.4 is 0 Å². The van der Waals surface area contributed by atoms with Crippen molar-refractivity contribution < 1.29 is 0 Å². The topological polar surface area (TPSA) is 33.4 Å². The smallest absolute Gasteiger partial charge is 0.162 e. The van der Waals surface area contributed by atoms with Crippen LogP contribution in [0, 0.1) is 0 Å². The number of likely N-dealkylation sites (tertiary alicyclic amines) is 1. The van der Waals surface area contributed by atoms with Gasteiger partial charge >= 0.3 is 0 Å². The second-order valence-corrected chi connectivity index (χ2v) is 5.64. The average molecular weight is 265 g/mol. The highest BCUT2D eigenvalue weighted by Gasteiger charge is 2.28. The van der Waals surface area contributed by atoms with E-state index in [0.29, 0.717) is 17.0 Å². The molecule has 1 aliphatic rings. The van der Waals surface area contributed by atoms with E-state index in [2.05, 4.69) is 33.3 Å². The van der Waals surface area contributed by atoms with Crippen molar-refractivity contribution in [1.82, 2.24) is 19.5 Å². The van der Waals surface area contributed by atoms with Crippen LogP contribution in [0.25, 0.3) is 5.65 Å². The van der Waals surface area contributed by atoms with Gasteiger partial charge in [0.05, 0.1) is 0 Å². The fourth-order valence-corrected chi connectivity index (χ4v) is 2.78. The Balaban J connectivity index is 1.91. The molecule has 0 spiro atoms. The Labute approximate surface area is 112 Å². The molecule has 0 aromatic carbocycles. The van der Waals surface area contributed by atoms with Crippen LogP contribution in [0.1, 0.15) is 32.0 Å². The normalized spacial score (nSPS) is 21.2. The molecule has 2 aromatic rings. The number of pyridine rings is 1. The molecule has 2 aromatic heterocycles. The minimum atomic E-state index is 0.476. The molecule has 18 heavy (non-hydrogen) atoms. The summed E-state index contributed by atoms with van der Waals surface area (Å²) in [6.07, 6.45) is 3.12. The number of hydrogen-bond acceptors (Lipinski definition) is 3. The predicted molar refractivity (Wildman–Crippen MR) is 72.1 cm³/mol. The molecule has 0 aliphatic carbocycles. The molecule has 0 saturated carbocycles. The molecule has 0 radical (unpaired) electrons. The van der Waals surface area contributed by atoms with Gasteiger partial charge in [0.15, 0.2) is 5.65 Å². The highest BCUT2D eigenvalue weighted by atomic mass is 35.5. The Kier molecular flexibility index (Phi) is 2.99. The first-order valence-electron chi connectivity index (χ1n) is 6.39. The molecule has 1 aliphatic heterocycles. The molecule has 3 heterocycles. The summed E-state index contributed by atoms with van der Waals surface area (Å²) in [5.74, 6) is 1.54. The van der Waals surface area contributed by atoms with Crippen molar-refractivity contribution in [2.45, 2.75) is 32.2 Å². The fraction of sp³-hybridized carbons (Fsp3) is 0.538. The number of aromatic nitrogens is 3. The van der Waals surface area contributed by atoms with Crippen LogP contribution in [-0.2, 0) is 0 Å². The third kappa shape index (κ3) is 1.99. The Morgan fingerprint density at radius 2 is 2.22 bits per heavy atom. The SMILES string of the molecule is CC(C)N1CCC(c2nnc3cc(Cl)ccn23)C1. The van der Waals surface area contributed by atoms with Gasteiger partial charge in [0.1, 0.15) is 5.82 Å². The number of halogens is 1. The molecular weight excluding hydrogens is 248 g/mol. The second kappa shape index (κ2) is 4.52. The van der Waals surface area contributed by atoms with Crippen molar-refractivity contribution in [2.24, 2.45) is 0 Å². The van der Waals surface area contributed by atoms with Gasteiger partial charge in [-0.2, -0.15) is 0 Å². The highest BCUT2D eigenvalue weighted by Crippen LogP contribution is 2.27. The van der Waals surface area contributed by atoms with Crippen molar-refractivity contribution in [3.05, 3.63) is 29.2 Å². The Morgan fingerprint density at radius 3 is 2.94 bits per heavy atom. The molecule has 1 unspecified atom stereocenters. The third-order valence-corrected chi connectivity index (χ3v) is 3.95. The zero-order valence-electron chi connectivity index (χ0n) is 10.7. The first-order chi connectivity index (χ1) is 8.65. The van der Waals surface area contributed by atoms with Gasteiger partial charge in [-0.05, 0) is 32.9 Å². The molecule has 5 heteroatoms. The zero-order valence-corrected chi connectivity index (χ0v) is 11.4. The summed E-state index contributed by atoms with van der Waals surface area (Å²) in [4.78, 5) is 2.49. The monoisotopic (exact) mass is 264 g/mol. The molecule has 0 amide bonds. The van der Waals surface area contributed by atoms with Gasteiger partial charge in [-0.1, -0.05) is 11.6 Å². The molecular formula is C13H17ClN4. The molecule has 3 rings (SSSR count). The van der Waals surface area contributed by atoms with Crippen LogP contribution >= 0.6 is 11.6 Å². The maximum Gasteiger partial charge on any atom is 0.162 e. The lowest BCUT2D eigenvalue weighted by Gasteiger charge is -2.19. The van der Waals surface area contributed by atoms with Crippen LogP contribution in [0.3, 0.4) is 0 Å². The zero-order chi connectivity index (χ0) is 12.7. The Morgan fingerprint density at radius 1 is 1.39 bits per heavy atom. The molecule has 4 nitrogen and oxygen atoms in total. The van der Waals surface area contributed by atoms with Crippen molar-refractivity contribution >= 4 is 17.2 Å². The highest BCUT2D eigenvalue weighted by molar-refractivity contribution is 6.30. The van der Waals surface area contributed by atoms with E-state index in [4.69, 9.17) is 11.6 Å². The molecule has 0 N–H and O–H groups in total. The predicted octanol–water partition coefficient (Wildman–Crippen LogP) is 2.58. The first-order valence-corrected chi connectivity index (χ1v) is 6.77. The van der Waals surface area contributed by atoms with E-state index >= 15 is 0 Å².